The summed E-state index contributed by atoms with van der Waals surface area (Å²) in [6.07, 6.45) is -2.47. The highest BCUT2D eigenvalue weighted by Crippen LogP contribution is 2.83. The predicted octanol–water partition coefficient (Wildman–Crippen LogP) is 4.05. The van der Waals surface area contributed by atoms with Gasteiger partial charge in [-0.2, -0.15) is 13.2 Å². The van der Waals surface area contributed by atoms with E-state index in [1.165, 1.54) is 11.0 Å². The third kappa shape index (κ3) is 2.37. The number of aromatic nitrogens is 4. The summed E-state index contributed by atoms with van der Waals surface area (Å²) in [4.78, 5) is 8.00. The fourth-order valence-corrected chi connectivity index (χ4v) is 4.05. The van der Waals surface area contributed by atoms with E-state index < -0.39 is 11.6 Å². The summed E-state index contributed by atoms with van der Waals surface area (Å²) >= 11 is 5.95. The second-order valence-corrected chi connectivity index (χ2v) is 7.40. The molecular formula is C17H13ClF3N5O. The lowest BCUT2D eigenvalue weighted by Crippen LogP contribution is -2.36. The van der Waals surface area contributed by atoms with E-state index in [-0.39, 0.29) is 41.1 Å². The monoisotopic (exact) mass is 395 g/mol. The standard InChI is InChI=1S/C17H13ClF3N5O/c18-8-2-1-3-9(4-8)27-15-12-13(22)23-7-24-14(12)26(25-15)6-16(17(19,20)21)10-5-11(10)16/h1-4,7,10-11H,5-6H2,(H2,22,23,24). The molecule has 0 amide bonds. The van der Waals surface area contributed by atoms with Crippen molar-refractivity contribution in [2.24, 2.45) is 17.3 Å². The average Bonchev–Trinajstić information content (AvgIpc) is 3.46. The van der Waals surface area contributed by atoms with E-state index in [0.29, 0.717) is 17.2 Å². The van der Waals surface area contributed by atoms with E-state index in [1.54, 1.807) is 24.3 Å². The molecule has 3 aromatic rings. The minimum atomic E-state index is -4.29. The number of benzene rings is 1. The van der Waals surface area contributed by atoms with Gasteiger partial charge in [0.15, 0.2) is 5.65 Å². The summed E-state index contributed by atoms with van der Waals surface area (Å²) in [5.41, 5.74) is 4.42. The Balaban J connectivity index is 1.57. The summed E-state index contributed by atoms with van der Waals surface area (Å²) in [7, 11) is 0. The molecule has 2 aliphatic carbocycles. The smallest absolute Gasteiger partial charge is 0.396 e. The number of nitrogens with two attached hydrogens (primary N) is 1. The van der Waals surface area contributed by atoms with Crippen molar-refractivity contribution in [3.8, 4) is 11.6 Å². The van der Waals surface area contributed by atoms with Crippen molar-refractivity contribution < 1.29 is 17.9 Å². The zero-order valence-electron chi connectivity index (χ0n) is 13.7. The largest absolute Gasteiger partial charge is 0.437 e. The molecule has 2 N–H and O–H groups in total. The van der Waals surface area contributed by atoms with Crippen molar-refractivity contribution in [3.05, 3.63) is 35.6 Å². The first-order valence-electron chi connectivity index (χ1n) is 8.28. The van der Waals surface area contributed by atoms with Crippen LogP contribution in [0.4, 0.5) is 19.0 Å². The van der Waals surface area contributed by atoms with Crippen LogP contribution >= 0.6 is 11.6 Å². The molecule has 0 aliphatic heterocycles. The lowest BCUT2D eigenvalue weighted by molar-refractivity contribution is -0.209. The first-order valence-corrected chi connectivity index (χ1v) is 8.66. The van der Waals surface area contributed by atoms with Crippen LogP contribution < -0.4 is 10.5 Å². The van der Waals surface area contributed by atoms with Crippen LogP contribution in [0.1, 0.15) is 6.42 Å². The minimum Gasteiger partial charge on any atom is -0.437 e. The highest BCUT2D eigenvalue weighted by atomic mass is 35.5. The summed E-state index contributed by atoms with van der Waals surface area (Å²) in [6, 6.07) is 6.59. The molecule has 0 bridgehead atoms. The normalized spacial score (nSPS) is 26.1. The first kappa shape index (κ1) is 16.6. The van der Waals surface area contributed by atoms with E-state index in [0.717, 1.165) is 0 Å². The molecule has 2 unspecified atom stereocenters. The number of halogens is 4. The van der Waals surface area contributed by atoms with Crippen molar-refractivity contribution >= 4 is 28.5 Å². The number of rotatable bonds is 4. The molecular weight excluding hydrogens is 383 g/mol. The molecule has 2 aromatic heterocycles. The van der Waals surface area contributed by atoms with Crippen molar-refractivity contribution in [3.63, 3.8) is 0 Å². The quantitative estimate of drug-likeness (QED) is 0.721. The van der Waals surface area contributed by atoms with Gasteiger partial charge in [0, 0.05) is 5.02 Å². The Labute approximate surface area is 156 Å². The Morgan fingerprint density at radius 1 is 1.30 bits per heavy atom. The zero-order chi connectivity index (χ0) is 19.0. The van der Waals surface area contributed by atoms with Gasteiger partial charge in [0.2, 0.25) is 0 Å². The highest BCUT2D eigenvalue weighted by Gasteiger charge is 2.87. The maximum Gasteiger partial charge on any atom is 0.396 e. The number of nitrogen functional groups attached to an aromatic ring is 1. The van der Waals surface area contributed by atoms with Crippen LogP contribution in [0, 0.1) is 17.3 Å². The third-order valence-corrected chi connectivity index (χ3v) is 5.72. The topological polar surface area (TPSA) is 78.8 Å². The number of hydrogen-bond donors (Lipinski definition) is 1. The van der Waals surface area contributed by atoms with Gasteiger partial charge in [-0.05, 0) is 36.5 Å². The Morgan fingerprint density at radius 2 is 2.07 bits per heavy atom. The van der Waals surface area contributed by atoms with Gasteiger partial charge in [-0.3, -0.25) is 0 Å². The third-order valence-electron chi connectivity index (χ3n) is 5.48. The van der Waals surface area contributed by atoms with E-state index in [2.05, 4.69) is 15.1 Å². The van der Waals surface area contributed by atoms with Gasteiger partial charge >= 0.3 is 6.18 Å². The molecule has 140 valence electrons. The highest BCUT2D eigenvalue weighted by molar-refractivity contribution is 6.30. The molecule has 2 fully saturated rings. The predicted molar refractivity (Wildman–Crippen MR) is 91.3 cm³/mol. The van der Waals surface area contributed by atoms with Crippen molar-refractivity contribution in [2.45, 2.75) is 19.1 Å². The maximum absolute atomic E-state index is 13.6. The number of hydrogen-bond acceptors (Lipinski definition) is 5. The lowest BCUT2D eigenvalue weighted by Gasteiger charge is -2.25. The second-order valence-electron chi connectivity index (χ2n) is 6.97. The molecule has 2 saturated carbocycles. The molecule has 2 atom stereocenters. The average molecular weight is 396 g/mol. The maximum atomic E-state index is 13.6. The van der Waals surface area contributed by atoms with Gasteiger partial charge in [-0.15, -0.1) is 5.10 Å². The molecule has 5 rings (SSSR count). The molecule has 0 spiro atoms. The van der Waals surface area contributed by atoms with Crippen molar-refractivity contribution in [1.29, 1.82) is 0 Å². The molecule has 6 nitrogen and oxygen atoms in total. The van der Waals surface area contributed by atoms with E-state index in [1.807, 2.05) is 0 Å². The van der Waals surface area contributed by atoms with Gasteiger partial charge in [-0.1, -0.05) is 17.7 Å². The molecule has 0 radical (unpaired) electrons. The van der Waals surface area contributed by atoms with Gasteiger partial charge < -0.3 is 10.5 Å². The molecule has 27 heavy (non-hydrogen) atoms. The number of nitrogens with zero attached hydrogens (tertiary/aromatic N) is 4. The van der Waals surface area contributed by atoms with E-state index in [9.17, 15) is 13.2 Å². The van der Waals surface area contributed by atoms with E-state index >= 15 is 0 Å². The summed E-state index contributed by atoms with van der Waals surface area (Å²) in [5, 5.41) is 4.97. The van der Waals surface area contributed by atoms with Crippen molar-refractivity contribution in [1.82, 2.24) is 19.7 Å². The molecule has 10 heteroatoms. The fourth-order valence-electron chi connectivity index (χ4n) is 3.87. The minimum absolute atomic E-state index is 0.0528. The summed E-state index contributed by atoms with van der Waals surface area (Å²) in [5.74, 6) is -0.124. The molecule has 0 saturated heterocycles. The van der Waals surface area contributed by atoms with Gasteiger partial charge in [0.1, 0.15) is 23.3 Å². The van der Waals surface area contributed by atoms with Gasteiger partial charge in [0.25, 0.3) is 5.88 Å². The Kier molecular flexibility index (Phi) is 3.23. The number of ether oxygens (including phenoxy) is 1. The fraction of sp³-hybridized carbons (Fsp3) is 0.353. The van der Waals surface area contributed by atoms with Crippen LogP contribution in [0.3, 0.4) is 0 Å². The Hall–Kier alpha value is -2.55. The summed E-state index contributed by atoms with van der Waals surface area (Å²) < 4.78 is 47.8. The Morgan fingerprint density at radius 3 is 2.70 bits per heavy atom. The van der Waals surface area contributed by atoms with Gasteiger partial charge in [0.05, 0.1) is 12.0 Å². The van der Waals surface area contributed by atoms with Crippen LogP contribution in [0.5, 0.6) is 11.6 Å². The van der Waals surface area contributed by atoms with Crippen molar-refractivity contribution in [2.75, 3.05) is 5.73 Å². The molecule has 2 heterocycles. The number of alkyl halides is 3. The van der Waals surface area contributed by atoms with E-state index in [4.69, 9.17) is 22.1 Å². The van der Waals surface area contributed by atoms with Crippen LogP contribution in [-0.2, 0) is 6.54 Å². The van der Waals surface area contributed by atoms with Crippen LogP contribution in [0.2, 0.25) is 5.02 Å². The lowest BCUT2D eigenvalue weighted by atomic mass is 9.93. The zero-order valence-corrected chi connectivity index (χ0v) is 14.5. The summed E-state index contributed by atoms with van der Waals surface area (Å²) in [6.45, 7) is -0.308. The molecule has 2 aliphatic rings. The number of anilines is 1. The van der Waals surface area contributed by atoms with Crippen LogP contribution in [0.15, 0.2) is 30.6 Å². The Bertz CT molecular complexity index is 1060. The molecule has 1 aromatic carbocycles. The van der Waals surface area contributed by atoms with Gasteiger partial charge in [-0.25, -0.2) is 14.6 Å². The van der Waals surface area contributed by atoms with Crippen LogP contribution in [0.25, 0.3) is 11.0 Å². The SMILES string of the molecule is Nc1ncnc2c1c(Oc1cccc(Cl)c1)nn2CC1(C(F)(F)F)C2CC21. The van der Waals surface area contributed by atoms with Crippen LogP contribution in [-0.4, -0.2) is 25.9 Å². The second kappa shape index (κ2) is 5.25. The first-order chi connectivity index (χ1) is 12.8. The number of fused-ring (bicyclic) bond motifs is 2.